The van der Waals surface area contributed by atoms with Crippen molar-refractivity contribution in [2.24, 2.45) is 0 Å². The second-order valence-electron chi connectivity index (χ2n) is 6.27. The number of carbonyl (C=O) groups is 2. The highest BCUT2D eigenvalue weighted by Crippen LogP contribution is 2.24. The van der Waals surface area contributed by atoms with Crippen molar-refractivity contribution in [3.8, 4) is 22.5 Å². The zero-order valence-electron chi connectivity index (χ0n) is 15.3. The molecular formula is C22H17N3O3S. The van der Waals surface area contributed by atoms with Gasteiger partial charge in [-0.1, -0.05) is 47.6 Å². The number of nitrogens with one attached hydrogen (secondary N) is 2. The minimum absolute atomic E-state index is 0.121. The van der Waals surface area contributed by atoms with Crippen LogP contribution in [0, 0.1) is 0 Å². The summed E-state index contributed by atoms with van der Waals surface area (Å²) in [6.45, 7) is -0.172. The highest BCUT2D eigenvalue weighted by molar-refractivity contribution is 7.08. The lowest BCUT2D eigenvalue weighted by Gasteiger charge is -2.07. The van der Waals surface area contributed by atoms with Crippen LogP contribution < -0.4 is 10.6 Å². The molecule has 0 saturated heterocycles. The van der Waals surface area contributed by atoms with E-state index in [0.29, 0.717) is 11.4 Å². The van der Waals surface area contributed by atoms with Crippen LogP contribution in [0.3, 0.4) is 0 Å². The van der Waals surface area contributed by atoms with Gasteiger partial charge in [0.15, 0.2) is 11.5 Å². The minimum atomic E-state index is -0.474. The molecule has 4 rings (SSSR count). The Morgan fingerprint density at radius 1 is 0.931 bits per heavy atom. The fourth-order valence-corrected chi connectivity index (χ4v) is 3.45. The first-order valence-corrected chi connectivity index (χ1v) is 9.86. The van der Waals surface area contributed by atoms with Crippen molar-refractivity contribution in [1.82, 2.24) is 10.5 Å². The Morgan fingerprint density at radius 3 is 2.55 bits per heavy atom. The average Bonchev–Trinajstić information content (AvgIpc) is 3.45. The lowest BCUT2D eigenvalue weighted by molar-refractivity contribution is -0.115. The van der Waals surface area contributed by atoms with Crippen molar-refractivity contribution in [3.05, 3.63) is 83.2 Å². The average molecular weight is 403 g/mol. The summed E-state index contributed by atoms with van der Waals surface area (Å²) < 4.78 is 5.21. The number of aromatic nitrogens is 1. The topological polar surface area (TPSA) is 84.2 Å². The first-order valence-electron chi connectivity index (χ1n) is 8.92. The van der Waals surface area contributed by atoms with Crippen LogP contribution in [0.4, 0.5) is 5.69 Å². The smallest absolute Gasteiger partial charge is 0.273 e. The summed E-state index contributed by atoms with van der Waals surface area (Å²) in [4.78, 5) is 24.4. The van der Waals surface area contributed by atoms with E-state index in [4.69, 9.17) is 4.52 Å². The van der Waals surface area contributed by atoms with Gasteiger partial charge >= 0.3 is 0 Å². The maximum atomic E-state index is 12.2. The van der Waals surface area contributed by atoms with Gasteiger partial charge in [0, 0.05) is 17.3 Å². The maximum absolute atomic E-state index is 12.2. The highest BCUT2D eigenvalue weighted by atomic mass is 32.1. The summed E-state index contributed by atoms with van der Waals surface area (Å²) in [6.07, 6.45) is 0. The minimum Gasteiger partial charge on any atom is -0.355 e. The number of hydrogen-bond acceptors (Lipinski definition) is 5. The van der Waals surface area contributed by atoms with Crippen LogP contribution in [0.1, 0.15) is 10.5 Å². The van der Waals surface area contributed by atoms with Gasteiger partial charge in [0.25, 0.3) is 5.91 Å². The third kappa shape index (κ3) is 4.59. The standard InChI is InChI=1S/C22H17N3O3S/c26-21(24-18-8-4-7-16(11-18)17-9-10-29-14-17)13-23-22(27)19-12-20(28-25-19)15-5-2-1-3-6-15/h1-12,14H,13H2,(H,23,27)(H,24,26). The molecule has 0 aliphatic heterocycles. The zero-order chi connectivity index (χ0) is 20.1. The van der Waals surface area contributed by atoms with Crippen LogP contribution in [-0.2, 0) is 4.79 Å². The molecule has 2 aromatic carbocycles. The SMILES string of the molecule is O=C(CNC(=O)c1cc(-c2ccccc2)on1)Nc1cccc(-c2ccsc2)c1. The molecule has 29 heavy (non-hydrogen) atoms. The van der Waals surface area contributed by atoms with Crippen LogP contribution in [0.25, 0.3) is 22.5 Å². The largest absolute Gasteiger partial charge is 0.355 e. The van der Waals surface area contributed by atoms with Gasteiger partial charge in [-0.2, -0.15) is 11.3 Å². The number of amides is 2. The normalized spacial score (nSPS) is 10.5. The van der Waals surface area contributed by atoms with E-state index in [1.54, 1.807) is 23.5 Å². The fourth-order valence-electron chi connectivity index (χ4n) is 2.78. The van der Waals surface area contributed by atoms with E-state index < -0.39 is 5.91 Å². The van der Waals surface area contributed by atoms with E-state index in [0.717, 1.165) is 16.7 Å². The molecule has 0 unspecified atom stereocenters. The number of hydrogen-bond donors (Lipinski definition) is 2. The van der Waals surface area contributed by atoms with Crippen molar-refractivity contribution in [3.63, 3.8) is 0 Å². The third-order valence-electron chi connectivity index (χ3n) is 4.21. The molecule has 0 saturated carbocycles. The molecule has 2 heterocycles. The van der Waals surface area contributed by atoms with E-state index in [2.05, 4.69) is 15.8 Å². The van der Waals surface area contributed by atoms with Crippen molar-refractivity contribution in [2.75, 3.05) is 11.9 Å². The third-order valence-corrected chi connectivity index (χ3v) is 4.89. The number of rotatable bonds is 6. The Kier molecular flexibility index (Phi) is 5.49. The van der Waals surface area contributed by atoms with Gasteiger partial charge in [-0.05, 0) is 40.1 Å². The fraction of sp³-hybridized carbons (Fsp3) is 0.0455. The molecule has 0 bridgehead atoms. The lowest BCUT2D eigenvalue weighted by Crippen LogP contribution is -2.33. The molecule has 6 nitrogen and oxygen atoms in total. The quantitative estimate of drug-likeness (QED) is 0.499. The van der Waals surface area contributed by atoms with Crippen molar-refractivity contribution < 1.29 is 14.1 Å². The molecular weight excluding hydrogens is 386 g/mol. The van der Waals surface area contributed by atoms with Gasteiger partial charge in [-0.15, -0.1) is 0 Å². The molecule has 0 atom stereocenters. The van der Waals surface area contributed by atoms with Gasteiger partial charge in [0.05, 0.1) is 6.54 Å². The monoisotopic (exact) mass is 403 g/mol. The number of nitrogens with zero attached hydrogens (tertiary/aromatic N) is 1. The Hall–Kier alpha value is -3.71. The molecule has 7 heteroatoms. The van der Waals surface area contributed by atoms with Gasteiger partial charge in [0.1, 0.15) is 0 Å². The summed E-state index contributed by atoms with van der Waals surface area (Å²) in [5.74, 6) is -0.309. The molecule has 2 amide bonds. The predicted molar refractivity (Wildman–Crippen MR) is 113 cm³/mol. The van der Waals surface area contributed by atoms with E-state index in [1.807, 2.05) is 65.4 Å². The van der Waals surface area contributed by atoms with Crippen LogP contribution in [0.2, 0.25) is 0 Å². The molecule has 2 aromatic heterocycles. The van der Waals surface area contributed by atoms with Crippen molar-refractivity contribution in [2.45, 2.75) is 0 Å². The van der Waals surface area contributed by atoms with E-state index in [9.17, 15) is 9.59 Å². The second-order valence-corrected chi connectivity index (χ2v) is 7.05. The molecule has 0 aliphatic carbocycles. The summed E-state index contributed by atoms with van der Waals surface area (Å²) in [5, 5.41) is 13.2. The molecule has 0 aliphatic rings. The Balaban J connectivity index is 1.34. The molecule has 2 N–H and O–H groups in total. The van der Waals surface area contributed by atoms with Crippen LogP contribution in [0.15, 0.2) is 82.0 Å². The number of thiophene rings is 1. The van der Waals surface area contributed by atoms with E-state index in [1.165, 1.54) is 0 Å². The second kappa shape index (κ2) is 8.53. The molecule has 0 fully saturated rings. The summed E-state index contributed by atoms with van der Waals surface area (Å²) in [6, 6.07) is 20.5. The molecule has 0 spiro atoms. The Labute approximate surface area is 171 Å². The zero-order valence-corrected chi connectivity index (χ0v) is 16.1. The van der Waals surface area contributed by atoms with Gasteiger partial charge in [-0.3, -0.25) is 9.59 Å². The number of anilines is 1. The van der Waals surface area contributed by atoms with Gasteiger partial charge in [0.2, 0.25) is 5.91 Å². The van der Waals surface area contributed by atoms with Crippen molar-refractivity contribution in [1.29, 1.82) is 0 Å². The summed E-state index contributed by atoms with van der Waals surface area (Å²) in [5.41, 5.74) is 3.72. The Morgan fingerprint density at radius 2 is 1.76 bits per heavy atom. The summed E-state index contributed by atoms with van der Waals surface area (Å²) >= 11 is 1.62. The van der Waals surface area contributed by atoms with E-state index in [-0.39, 0.29) is 18.1 Å². The maximum Gasteiger partial charge on any atom is 0.273 e. The van der Waals surface area contributed by atoms with Gasteiger partial charge in [-0.25, -0.2) is 0 Å². The highest BCUT2D eigenvalue weighted by Gasteiger charge is 2.14. The predicted octanol–water partition coefficient (Wildman–Crippen LogP) is 4.44. The lowest BCUT2D eigenvalue weighted by atomic mass is 10.1. The number of carbonyl (C=O) groups excluding carboxylic acids is 2. The molecule has 0 radical (unpaired) electrons. The van der Waals surface area contributed by atoms with Crippen molar-refractivity contribution >= 4 is 28.8 Å². The first-order chi connectivity index (χ1) is 14.2. The first kappa shape index (κ1) is 18.6. The Bertz CT molecular complexity index is 1120. The van der Waals surface area contributed by atoms with E-state index >= 15 is 0 Å². The van der Waals surface area contributed by atoms with Gasteiger partial charge < -0.3 is 15.2 Å². The van der Waals surface area contributed by atoms with Crippen LogP contribution >= 0.6 is 11.3 Å². The summed E-state index contributed by atoms with van der Waals surface area (Å²) in [7, 11) is 0. The molecule has 4 aromatic rings. The molecule has 144 valence electrons. The van der Waals surface area contributed by atoms with Crippen LogP contribution in [0.5, 0.6) is 0 Å². The number of benzene rings is 2. The van der Waals surface area contributed by atoms with Crippen LogP contribution in [-0.4, -0.2) is 23.5 Å².